The Morgan fingerprint density at radius 3 is 3.00 bits per heavy atom. The normalized spacial score (nSPS) is 22.6. The fourth-order valence-corrected chi connectivity index (χ4v) is 2.65. The summed E-state index contributed by atoms with van der Waals surface area (Å²) in [5.41, 5.74) is 1.08. The molecule has 0 aromatic heterocycles. The maximum Gasteiger partial charge on any atom is 0.0593 e. The van der Waals surface area contributed by atoms with Crippen molar-refractivity contribution >= 4 is 33.2 Å². The number of nitrogens with one attached hydrogen (secondary N) is 1. The van der Waals surface area contributed by atoms with Gasteiger partial charge in [-0.05, 0) is 47.3 Å². The summed E-state index contributed by atoms with van der Waals surface area (Å²) < 4.78 is 0.956. The van der Waals surface area contributed by atoms with Crippen molar-refractivity contribution in [2.75, 3.05) is 5.32 Å². The molecule has 0 spiro atoms. The van der Waals surface area contributed by atoms with E-state index in [1.54, 1.807) is 0 Å². The van der Waals surface area contributed by atoms with Gasteiger partial charge in [0, 0.05) is 6.04 Å². The van der Waals surface area contributed by atoms with E-state index in [0.717, 1.165) is 15.2 Å². The molecule has 0 bridgehead atoms. The van der Waals surface area contributed by atoms with E-state index in [-0.39, 0.29) is 0 Å². The molecule has 0 heterocycles. The van der Waals surface area contributed by atoms with Gasteiger partial charge in [-0.1, -0.05) is 42.7 Å². The van der Waals surface area contributed by atoms with Gasteiger partial charge in [-0.15, -0.1) is 0 Å². The minimum atomic E-state index is 0.421. The Labute approximate surface area is 116 Å². The second kappa shape index (κ2) is 6.46. The maximum atomic E-state index is 6.08. The van der Waals surface area contributed by atoms with Crippen LogP contribution in [0.3, 0.4) is 0 Å². The van der Waals surface area contributed by atoms with Gasteiger partial charge in [-0.2, -0.15) is 0 Å². The van der Waals surface area contributed by atoms with E-state index in [0.29, 0.717) is 6.04 Å². The summed E-state index contributed by atoms with van der Waals surface area (Å²) in [6.45, 7) is 0. The van der Waals surface area contributed by atoms with Crippen LogP contribution in [0.2, 0.25) is 5.02 Å². The lowest BCUT2D eigenvalue weighted by atomic mass is 10.0. The zero-order valence-electron chi connectivity index (χ0n) is 9.76. The molecule has 1 aliphatic rings. The molecule has 1 N–H and O–H groups in total. The Balaban J connectivity index is 2.08. The van der Waals surface area contributed by atoms with Crippen LogP contribution in [0, 0.1) is 0 Å². The first-order valence-corrected chi connectivity index (χ1v) is 7.31. The van der Waals surface area contributed by atoms with E-state index in [1.165, 1.54) is 32.1 Å². The Kier molecular flexibility index (Phi) is 4.93. The zero-order valence-corrected chi connectivity index (χ0v) is 12.1. The lowest BCUT2D eigenvalue weighted by molar-refractivity contribution is 0.610. The van der Waals surface area contributed by atoms with Crippen molar-refractivity contribution in [3.63, 3.8) is 0 Å². The number of halogens is 2. The average molecular weight is 315 g/mol. The summed E-state index contributed by atoms with van der Waals surface area (Å²) in [5.74, 6) is 0. The lowest BCUT2D eigenvalue weighted by Gasteiger charge is -2.19. The third-order valence-electron chi connectivity index (χ3n) is 3.05. The molecule has 3 heteroatoms. The number of rotatable bonds is 2. The van der Waals surface area contributed by atoms with Gasteiger partial charge in [0.2, 0.25) is 0 Å². The quantitative estimate of drug-likeness (QED) is 0.720. The maximum absolute atomic E-state index is 6.08. The fourth-order valence-electron chi connectivity index (χ4n) is 2.10. The SMILES string of the molecule is Clc1cccc(NC2/C=C/CCCCC2)c1Br. The summed E-state index contributed by atoms with van der Waals surface area (Å²) in [4.78, 5) is 0. The van der Waals surface area contributed by atoms with Crippen LogP contribution in [0.1, 0.15) is 32.1 Å². The standard InChI is InChI=1S/C14H17BrClN/c15-14-12(16)9-6-10-13(14)17-11-7-4-2-1-3-5-8-11/h4,6-7,9-11,17H,1-3,5,8H2/b7-4+. The van der Waals surface area contributed by atoms with Crippen LogP contribution in [0.5, 0.6) is 0 Å². The van der Waals surface area contributed by atoms with E-state index < -0.39 is 0 Å². The van der Waals surface area contributed by atoms with E-state index in [9.17, 15) is 0 Å². The molecule has 1 aromatic rings. The molecule has 1 nitrogen and oxygen atoms in total. The van der Waals surface area contributed by atoms with Crippen molar-refractivity contribution < 1.29 is 0 Å². The minimum Gasteiger partial charge on any atom is -0.378 e. The molecule has 17 heavy (non-hydrogen) atoms. The minimum absolute atomic E-state index is 0.421. The summed E-state index contributed by atoms with van der Waals surface area (Å²) in [5, 5.41) is 4.29. The second-order valence-electron chi connectivity index (χ2n) is 4.42. The van der Waals surface area contributed by atoms with Gasteiger partial charge in [0.25, 0.3) is 0 Å². The zero-order chi connectivity index (χ0) is 12.1. The van der Waals surface area contributed by atoms with Crippen LogP contribution in [0.25, 0.3) is 0 Å². The number of anilines is 1. The molecule has 0 fully saturated rings. The highest BCUT2D eigenvalue weighted by molar-refractivity contribution is 9.10. The number of allylic oxidation sites excluding steroid dienone is 1. The summed E-state index contributed by atoms with van der Waals surface area (Å²) in [6, 6.07) is 6.35. The molecular formula is C14H17BrClN. The molecule has 1 aromatic carbocycles. The van der Waals surface area contributed by atoms with Gasteiger partial charge in [-0.25, -0.2) is 0 Å². The Morgan fingerprint density at radius 1 is 1.24 bits per heavy atom. The molecule has 0 saturated heterocycles. The molecule has 2 rings (SSSR count). The number of hydrogen-bond acceptors (Lipinski definition) is 1. The van der Waals surface area contributed by atoms with Crippen LogP contribution < -0.4 is 5.32 Å². The highest BCUT2D eigenvalue weighted by Crippen LogP contribution is 2.31. The molecule has 0 saturated carbocycles. The molecule has 0 radical (unpaired) electrons. The van der Waals surface area contributed by atoms with Crippen molar-refractivity contribution in [1.82, 2.24) is 0 Å². The smallest absolute Gasteiger partial charge is 0.0593 e. The van der Waals surface area contributed by atoms with Gasteiger partial charge in [0.1, 0.15) is 0 Å². The molecule has 1 atom stereocenters. The van der Waals surface area contributed by atoms with Crippen LogP contribution in [0.4, 0.5) is 5.69 Å². The number of benzene rings is 1. The average Bonchev–Trinajstić information content (AvgIpc) is 2.28. The summed E-state index contributed by atoms with van der Waals surface area (Å²) in [7, 11) is 0. The molecule has 0 amide bonds. The van der Waals surface area contributed by atoms with E-state index in [1.807, 2.05) is 12.1 Å². The van der Waals surface area contributed by atoms with E-state index >= 15 is 0 Å². The second-order valence-corrected chi connectivity index (χ2v) is 5.62. The van der Waals surface area contributed by atoms with Crippen molar-refractivity contribution in [3.8, 4) is 0 Å². The molecule has 1 aliphatic carbocycles. The van der Waals surface area contributed by atoms with Gasteiger partial charge in [0.05, 0.1) is 15.2 Å². The molecular weight excluding hydrogens is 298 g/mol. The van der Waals surface area contributed by atoms with Gasteiger partial charge < -0.3 is 5.32 Å². The number of hydrogen-bond donors (Lipinski definition) is 1. The largest absolute Gasteiger partial charge is 0.378 e. The Morgan fingerprint density at radius 2 is 2.12 bits per heavy atom. The summed E-state index contributed by atoms with van der Waals surface area (Å²) >= 11 is 9.61. The van der Waals surface area contributed by atoms with Gasteiger partial charge in [-0.3, -0.25) is 0 Å². The van der Waals surface area contributed by atoms with Crippen molar-refractivity contribution in [2.45, 2.75) is 38.1 Å². The highest BCUT2D eigenvalue weighted by Gasteiger charge is 2.09. The fraction of sp³-hybridized carbons (Fsp3) is 0.429. The first-order valence-electron chi connectivity index (χ1n) is 6.14. The molecule has 1 unspecified atom stereocenters. The van der Waals surface area contributed by atoms with Crippen LogP contribution >= 0.6 is 27.5 Å². The predicted octanol–water partition coefficient (Wildman–Crippen LogP) is 5.40. The predicted molar refractivity (Wildman–Crippen MR) is 78.8 cm³/mol. The first-order chi connectivity index (χ1) is 8.27. The van der Waals surface area contributed by atoms with Crippen molar-refractivity contribution in [3.05, 3.63) is 39.8 Å². The van der Waals surface area contributed by atoms with Crippen LogP contribution in [-0.4, -0.2) is 6.04 Å². The summed E-state index contributed by atoms with van der Waals surface area (Å²) in [6.07, 6.45) is 10.9. The van der Waals surface area contributed by atoms with E-state index in [4.69, 9.17) is 11.6 Å². The van der Waals surface area contributed by atoms with Crippen molar-refractivity contribution in [2.24, 2.45) is 0 Å². The lowest BCUT2D eigenvalue weighted by Crippen LogP contribution is -2.17. The highest BCUT2D eigenvalue weighted by atomic mass is 79.9. The Bertz CT molecular complexity index is 403. The van der Waals surface area contributed by atoms with Crippen molar-refractivity contribution in [1.29, 1.82) is 0 Å². The van der Waals surface area contributed by atoms with Gasteiger partial charge in [0.15, 0.2) is 0 Å². The van der Waals surface area contributed by atoms with E-state index in [2.05, 4.69) is 39.5 Å². The third-order valence-corrected chi connectivity index (χ3v) is 4.44. The third kappa shape index (κ3) is 3.75. The topological polar surface area (TPSA) is 12.0 Å². The van der Waals surface area contributed by atoms with Crippen LogP contribution in [0.15, 0.2) is 34.8 Å². The molecule has 92 valence electrons. The van der Waals surface area contributed by atoms with Crippen LogP contribution in [-0.2, 0) is 0 Å². The first kappa shape index (κ1) is 13.0. The molecule has 0 aliphatic heterocycles. The monoisotopic (exact) mass is 313 g/mol. The van der Waals surface area contributed by atoms with Gasteiger partial charge >= 0.3 is 0 Å². The Hall–Kier alpha value is -0.470.